The Bertz CT molecular complexity index is 1730. The minimum Gasteiger partial charge on any atom is -0.406 e. The molecule has 5 rings (SSSR count). The number of halogens is 3. The van der Waals surface area contributed by atoms with E-state index in [1.165, 1.54) is 46.4 Å². The Morgan fingerprint density at radius 2 is 1.87 bits per heavy atom. The number of nitrogens with zero attached hydrogens (tertiary/aromatic N) is 5. The van der Waals surface area contributed by atoms with E-state index in [1.54, 1.807) is 11.8 Å². The van der Waals surface area contributed by atoms with Crippen LogP contribution in [0.5, 0.6) is 5.75 Å². The van der Waals surface area contributed by atoms with Crippen LogP contribution >= 0.6 is 11.8 Å². The van der Waals surface area contributed by atoms with Gasteiger partial charge in [0, 0.05) is 28.7 Å². The zero-order chi connectivity index (χ0) is 32.8. The molecule has 8 nitrogen and oxygen atoms in total. The zero-order valence-electron chi connectivity index (χ0n) is 26.0. The topological polar surface area (TPSA) is 84.6 Å². The largest absolute Gasteiger partial charge is 0.573 e. The van der Waals surface area contributed by atoms with Crippen LogP contribution in [0.15, 0.2) is 83.7 Å². The molecule has 1 fully saturated rings. The molecule has 1 unspecified atom stereocenters. The van der Waals surface area contributed by atoms with E-state index in [1.807, 2.05) is 37.3 Å². The first-order chi connectivity index (χ1) is 22.0. The summed E-state index contributed by atoms with van der Waals surface area (Å²) in [6, 6.07) is 19.1. The van der Waals surface area contributed by atoms with Crippen LogP contribution in [-0.4, -0.2) is 44.1 Å². The molecule has 1 aromatic heterocycles. The summed E-state index contributed by atoms with van der Waals surface area (Å²) in [6.45, 7) is 8.24. The van der Waals surface area contributed by atoms with Crippen molar-refractivity contribution in [1.82, 2.24) is 20.1 Å². The third kappa shape index (κ3) is 8.36. The number of carbonyl (C=O) groups excluding carboxylic acids is 1. The summed E-state index contributed by atoms with van der Waals surface area (Å²) in [5.41, 5.74) is 6.34. The van der Waals surface area contributed by atoms with E-state index >= 15 is 0 Å². The number of urea groups is 1. The molecule has 3 aromatic carbocycles. The van der Waals surface area contributed by atoms with Crippen molar-refractivity contribution in [2.24, 2.45) is 4.99 Å². The van der Waals surface area contributed by atoms with E-state index in [-0.39, 0.29) is 11.8 Å². The fourth-order valence-electron chi connectivity index (χ4n) is 5.13. The number of aromatic nitrogens is 3. The van der Waals surface area contributed by atoms with Gasteiger partial charge in [-0.05, 0) is 86.7 Å². The smallest absolute Gasteiger partial charge is 0.406 e. The number of hydrogen-bond acceptors (Lipinski definition) is 5. The first-order valence-electron chi connectivity index (χ1n) is 15.0. The van der Waals surface area contributed by atoms with Crippen LogP contribution in [0.2, 0.25) is 0 Å². The number of carbonyl (C=O) groups is 1. The molecule has 12 heteroatoms. The van der Waals surface area contributed by atoms with Gasteiger partial charge in [0.2, 0.25) is 0 Å². The number of aliphatic imine (C=N–C) groups is 1. The molecule has 2 heterocycles. The lowest BCUT2D eigenvalue weighted by Gasteiger charge is -2.37. The molecule has 240 valence electrons. The van der Waals surface area contributed by atoms with Gasteiger partial charge < -0.3 is 15.0 Å². The Balaban J connectivity index is 1.25. The van der Waals surface area contributed by atoms with Crippen molar-refractivity contribution < 1.29 is 22.7 Å². The quantitative estimate of drug-likeness (QED) is 0.206. The predicted molar refractivity (Wildman–Crippen MR) is 177 cm³/mol. The van der Waals surface area contributed by atoms with Crippen molar-refractivity contribution in [3.8, 4) is 22.8 Å². The van der Waals surface area contributed by atoms with Gasteiger partial charge in [-0.1, -0.05) is 61.5 Å². The number of thioether (sulfide) groups is 1. The molecule has 1 atom stereocenters. The van der Waals surface area contributed by atoms with Crippen molar-refractivity contribution in [3.05, 3.63) is 95.4 Å². The summed E-state index contributed by atoms with van der Waals surface area (Å²) in [5, 5.41) is 8.04. The number of aryl methyl sites for hydroxylation is 2. The van der Waals surface area contributed by atoms with E-state index in [9.17, 15) is 18.0 Å². The highest BCUT2D eigenvalue weighted by atomic mass is 32.2. The second kappa shape index (κ2) is 14.2. The summed E-state index contributed by atoms with van der Waals surface area (Å²) in [4.78, 5) is 24.1. The number of amides is 2. The lowest BCUT2D eigenvalue weighted by Crippen LogP contribution is -2.42. The summed E-state index contributed by atoms with van der Waals surface area (Å²) >= 11 is 1.60. The molecule has 1 N–H and O–H groups in total. The van der Waals surface area contributed by atoms with E-state index in [0.29, 0.717) is 22.4 Å². The summed E-state index contributed by atoms with van der Waals surface area (Å²) in [6.07, 6.45) is 1.58. The summed E-state index contributed by atoms with van der Waals surface area (Å²) in [7, 11) is 0. The molecule has 1 aliphatic rings. The molecular formula is C34H35F3N6O2S. The second-order valence-electron chi connectivity index (χ2n) is 11.1. The Labute approximate surface area is 270 Å². The first kappa shape index (κ1) is 32.8. The van der Waals surface area contributed by atoms with Gasteiger partial charge in [-0.25, -0.2) is 14.5 Å². The SMILES string of the molecule is CCCc1ccc(C)cc1N1/C(=N/C(=O)N/C(C)=C/c2ccc(-c3ncn(-c4ccc(OC(F)(F)F)cc4)n3)cc2)SCCC1C. The van der Waals surface area contributed by atoms with Gasteiger partial charge in [-0.15, -0.1) is 18.3 Å². The summed E-state index contributed by atoms with van der Waals surface area (Å²) in [5.74, 6) is 1.04. The van der Waals surface area contributed by atoms with Crippen molar-refractivity contribution in [1.29, 1.82) is 0 Å². The van der Waals surface area contributed by atoms with Crippen molar-refractivity contribution in [2.75, 3.05) is 10.7 Å². The van der Waals surface area contributed by atoms with Gasteiger partial charge in [0.25, 0.3) is 0 Å². The molecule has 0 aliphatic carbocycles. The molecule has 4 aromatic rings. The minimum atomic E-state index is -4.75. The average molecular weight is 649 g/mol. The summed E-state index contributed by atoms with van der Waals surface area (Å²) < 4.78 is 42.7. The maximum Gasteiger partial charge on any atom is 0.573 e. The first-order valence-corrected chi connectivity index (χ1v) is 16.0. The number of hydrogen-bond donors (Lipinski definition) is 1. The second-order valence-corrected chi connectivity index (χ2v) is 12.1. The molecule has 0 spiro atoms. The lowest BCUT2D eigenvalue weighted by molar-refractivity contribution is -0.274. The number of alkyl halides is 3. The number of benzene rings is 3. The average Bonchev–Trinajstić information content (AvgIpc) is 3.49. The van der Waals surface area contributed by atoms with Crippen molar-refractivity contribution in [2.45, 2.75) is 59.4 Å². The number of anilines is 1. The number of allylic oxidation sites excluding steroid dienone is 1. The van der Waals surface area contributed by atoms with E-state index in [4.69, 9.17) is 0 Å². The van der Waals surface area contributed by atoms with Gasteiger partial charge in [0.05, 0.1) is 5.69 Å². The third-order valence-corrected chi connectivity index (χ3v) is 8.30. The molecular weight excluding hydrogens is 613 g/mol. The number of rotatable bonds is 8. The van der Waals surface area contributed by atoms with Gasteiger partial charge in [-0.2, -0.15) is 4.99 Å². The highest BCUT2D eigenvalue weighted by Crippen LogP contribution is 2.33. The van der Waals surface area contributed by atoms with Crippen LogP contribution in [0.25, 0.3) is 23.2 Å². The van der Waals surface area contributed by atoms with E-state index in [0.717, 1.165) is 41.8 Å². The van der Waals surface area contributed by atoms with Gasteiger partial charge in [-0.3, -0.25) is 0 Å². The fourth-order valence-corrected chi connectivity index (χ4v) is 6.34. The Morgan fingerprint density at radius 3 is 2.57 bits per heavy atom. The van der Waals surface area contributed by atoms with Crippen LogP contribution < -0.4 is 15.0 Å². The Morgan fingerprint density at radius 1 is 1.13 bits per heavy atom. The monoisotopic (exact) mass is 648 g/mol. The number of ether oxygens (including phenoxy) is 1. The van der Waals surface area contributed by atoms with Crippen LogP contribution in [0, 0.1) is 6.92 Å². The standard InChI is InChI=1S/C34H35F3N6O2S/c1-5-6-26-10-7-22(2)19-30(26)43-24(4)17-18-46-33(43)40-32(44)39-23(3)20-25-8-11-27(12-9-25)31-38-21-42(41-31)28-13-15-29(16-14-28)45-34(35,36)37/h7-16,19-21,24H,5-6,17-18H2,1-4H3,(H,39,44)/b23-20+,40-33-. The maximum atomic E-state index is 13.1. The highest BCUT2D eigenvalue weighted by Gasteiger charge is 2.31. The minimum absolute atomic E-state index is 0.222. The highest BCUT2D eigenvalue weighted by molar-refractivity contribution is 8.14. The molecule has 0 bridgehead atoms. The molecule has 0 saturated carbocycles. The Kier molecular flexibility index (Phi) is 10.2. The molecule has 46 heavy (non-hydrogen) atoms. The Hall–Kier alpha value is -4.58. The predicted octanol–water partition coefficient (Wildman–Crippen LogP) is 8.55. The fraction of sp³-hybridized carbons (Fsp3) is 0.294. The van der Waals surface area contributed by atoms with E-state index in [2.05, 4.69) is 69.0 Å². The van der Waals surface area contributed by atoms with Gasteiger partial charge >= 0.3 is 12.4 Å². The van der Waals surface area contributed by atoms with Crippen LogP contribution in [0.4, 0.5) is 23.7 Å². The zero-order valence-corrected chi connectivity index (χ0v) is 26.8. The molecule has 1 saturated heterocycles. The maximum absolute atomic E-state index is 13.1. The van der Waals surface area contributed by atoms with E-state index < -0.39 is 12.4 Å². The van der Waals surface area contributed by atoms with Gasteiger partial charge in [0.15, 0.2) is 11.0 Å². The lowest BCUT2D eigenvalue weighted by atomic mass is 10.0. The number of amidine groups is 1. The molecule has 0 radical (unpaired) electrons. The van der Waals surface area contributed by atoms with Crippen molar-refractivity contribution >= 4 is 34.7 Å². The van der Waals surface area contributed by atoms with Crippen LogP contribution in [-0.2, 0) is 6.42 Å². The molecule has 2 amide bonds. The van der Waals surface area contributed by atoms with Crippen LogP contribution in [0.1, 0.15) is 50.3 Å². The molecule has 1 aliphatic heterocycles. The van der Waals surface area contributed by atoms with Gasteiger partial charge in [0.1, 0.15) is 12.1 Å². The number of nitrogens with one attached hydrogen (secondary N) is 1. The third-order valence-electron chi connectivity index (χ3n) is 7.31. The van der Waals surface area contributed by atoms with Crippen LogP contribution in [0.3, 0.4) is 0 Å². The normalized spacial score (nSPS) is 16.5. The van der Waals surface area contributed by atoms with Crippen molar-refractivity contribution in [3.63, 3.8) is 0 Å².